The zero-order valence-corrected chi connectivity index (χ0v) is 17.1. The van der Waals surface area contributed by atoms with E-state index in [1.807, 2.05) is 25.1 Å². The predicted octanol–water partition coefficient (Wildman–Crippen LogP) is 2.05. The standard InChI is InChI=1S/C20H28N4O3S/c1-2-23-15-19(22-16-23)28(26,27)24-13-7-11-18(14-24)20(25)21-12-6-10-17-8-4-3-5-9-17/h3-5,8-9,15-16,18H,2,6-7,10-14H2,1H3,(H,21,25)/t18-/m1/s1. The van der Waals surface area contributed by atoms with Gasteiger partial charge in [-0.05, 0) is 38.2 Å². The fourth-order valence-electron chi connectivity index (χ4n) is 3.45. The van der Waals surface area contributed by atoms with Crippen molar-refractivity contribution in [3.8, 4) is 0 Å². The second-order valence-electron chi connectivity index (χ2n) is 7.12. The van der Waals surface area contributed by atoms with E-state index >= 15 is 0 Å². The number of carbonyl (C=O) groups excluding carboxylic acids is 1. The van der Waals surface area contributed by atoms with Gasteiger partial charge in [0.25, 0.3) is 10.0 Å². The van der Waals surface area contributed by atoms with Crippen LogP contribution in [0.5, 0.6) is 0 Å². The number of rotatable bonds is 8. The van der Waals surface area contributed by atoms with Crippen LogP contribution in [0, 0.1) is 5.92 Å². The molecule has 1 aromatic heterocycles. The molecule has 1 aliphatic heterocycles. The summed E-state index contributed by atoms with van der Waals surface area (Å²) < 4.78 is 28.8. The molecule has 152 valence electrons. The first kappa shape index (κ1) is 20.5. The Hall–Kier alpha value is -2.19. The van der Waals surface area contributed by atoms with E-state index in [0.29, 0.717) is 32.5 Å². The van der Waals surface area contributed by atoms with Gasteiger partial charge in [-0.15, -0.1) is 0 Å². The molecule has 0 saturated carbocycles. The minimum atomic E-state index is -3.66. The van der Waals surface area contributed by atoms with Gasteiger partial charge in [-0.1, -0.05) is 30.3 Å². The second kappa shape index (κ2) is 9.34. The number of amides is 1. The van der Waals surface area contributed by atoms with E-state index in [1.165, 1.54) is 16.2 Å². The molecule has 0 spiro atoms. The molecule has 0 radical (unpaired) electrons. The Morgan fingerprint density at radius 2 is 2.07 bits per heavy atom. The first-order valence-electron chi connectivity index (χ1n) is 9.84. The summed E-state index contributed by atoms with van der Waals surface area (Å²) >= 11 is 0. The maximum atomic E-state index is 12.8. The zero-order valence-electron chi connectivity index (χ0n) is 16.3. The predicted molar refractivity (Wildman–Crippen MR) is 107 cm³/mol. The lowest BCUT2D eigenvalue weighted by atomic mass is 9.99. The number of carbonyl (C=O) groups is 1. The second-order valence-corrected chi connectivity index (χ2v) is 9.01. The summed E-state index contributed by atoms with van der Waals surface area (Å²) in [7, 11) is -3.66. The van der Waals surface area contributed by atoms with Crippen molar-refractivity contribution >= 4 is 15.9 Å². The van der Waals surface area contributed by atoms with Crippen LogP contribution >= 0.6 is 0 Å². The van der Waals surface area contributed by atoms with Gasteiger partial charge in [0.15, 0.2) is 5.03 Å². The van der Waals surface area contributed by atoms with Crippen molar-refractivity contribution in [3.05, 3.63) is 48.4 Å². The van der Waals surface area contributed by atoms with Crippen LogP contribution in [0.15, 0.2) is 47.9 Å². The van der Waals surface area contributed by atoms with Crippen molar-refractivity contribution in [2.75, 3.05) is 19.6 Å². The lowest BCUT2D eigenvalue weighted by Crippen LogP contribution is -2.45. The summed E-state index contributed by atoms with van der Waals surface area (Å²) in [6, 6.07) is 10.2. The third kappa shape index (κ3) is 4.99. The van der Waals surface area contributed by atoms with Crippen molar-refractivity contribution in [1.29, 1.82) is 0 Å². The summed E-state index contributed by atoms with van der Waals surface area (Å²) in [6.07, 6.45) is 6.22. The molecule has 8 heteroatoms. The van der Waals surface area contributed by atoms with Crippen molar-refractivity contribution in [1.82, 2.24) is 19.2 Å². The Morgan fingerprint density at radius 1 is 1.29 bits per heavy atom. The Kier molecular flexibility index (Phi) is 6.85. The summed E-state index contributed by atoms with van der Waals surface area (Å²) in [5.74, 6) is -0.374. The van der Waals surface area contributed by atoms with Crippen LogP contribution in [0.2, 0.25) is 0 Å². The van der Waals surface area contributed by atoms with E-state index in [-0.39, 0.29) is 23.4 Å². The number of benzene rings is 1. The monoisotopic (exact) mass is 404 g/mol. The average Bonchev–Trinajstić information content (AvgIpc) is 3.22. The Morgan fingerprint density at radius 3 is 2.79 bits per heavy atom. The van der Waals surface area contributed by atoms with E-state index < -0.39 is 10.0 Å². The molecule has 1 amide bonds. The van der Waals surface area contributed by atoms with Crippen LogP contribution in [0.25, 0.3) is 0 Å². The molecule has 1 saturated heterocycles. The van der Waals surface area contributed by atoms with Crippen LogP contribution in [-0.2, 0) is 27.8 Å². The van der Waals surface area contributed by atoms with Crippen LogP contribution < -0.4 is 5.32 Å². The summed E-state index contributed by atoms with van der Waals surface area (Å²) in [6.45, 7) is 3.83. The lowest BCUT2D eigenvalue weighted by Gasteiger charge is -2.30. The molecule has 3 rings (SSSR count). The van der Waals surface area contributed by atoms with Gasteiger partial charge in [0.2, 0.25) is 5.91 Å². The van der Waals surface area contributed by atoms with Gasteiger partial charge < -0.3 is 9.88 Å². The molecule has 7 nitrogen and oxygen atoms in total. The number of aryl methyl sites for hydroxylation is 2. The van der Waals surface area contributed by atoms with Gasteiger partial charge in [0.05, 0.1) is 12.2 Å². The van der Waals surface area contributed by atoms with E-state index in [4.69, 9.17) is 0 Å². The number of aromatic nitrogens is 2. The van der Waals surface area contributed by atoms with Crippen molar-refractivity contribution in [2.45, 2.75) is 44.2 Å². The zero-order chi connectivity index (χ0) is 20.0. The van der Waals surface area contributed by atoms with Crippen LogP contribution in [0.1, 0.15) is 31.7 Å². The molecule has 0 unspecified atom stereocenters. The fraction of sp³-hybridized carbons (Fsp3) is 0.500. The maximum Gasteiger partial charge on any atom is 0.262 e. The molecular weight excluding hydrogens is 376 g/mol. The van der Waals surface area contributed by atoms with Gasteiger partial charge >= 0.3 is 0 Å². The van der Waals surface area contributed by atoms with E-state index in [2.05, 4.69) is 22.4 Å². The summed E-state index contributed by atoms with van der Waals surface area (Å²) in [5, 5.41) is 3.02. The molecule has 2 heterocycles. The van der Waals surface area contributed by atoms with Crippen LogP contribution in [-0.4, -0.2) is 47.8 Å². The quantitative estimate of drug-likeness (QED) is 0.683. The molecule has 1 aliphatic rings. The molecule has 1 N–H and O–H groups in total. The number of piperidine rings is 1. The third-order valence-electron chi connectivity index (χ3n) is 5.12. The van der Waals surface area contributed by atoms with Crippen molar-refractivity contribution in [2.24, 2.45) is 5.92 Å². The normalized spacial score (nSPS) is 18.1. The highest BCUT2D eigenvalue weighted by molar-refractivity contribution is 7.89. The molecular formula is C20H28N4O3S. The van der Waals surface area contributed by atoms with Gasteiger partial charge in [0.1, 0.15) is 0 Å². The van der Waals surface area contributed by atoms with Gasteiger partial charge in [-0.2, -0.15) is 4.31 Å². The van der Waals surface area contributed by atoms with Gasteiger partial charge in [-0.3, -0.25) is 4.79 Å². The van der Waals surface area contributed by atoms with Crippen LogP contribution in [0.3, 0.4) is 0 Å². The maximum absolute atomic E-state index is 12.8. The molecule has 0 aliphatic carbocycles. The number of hydrogen-bond donors (Lipinski definition) is 1. The first-order chi connectivity index (χ1) is 13.5. The van der Waals surface area contributed by atoms with E-state index in [1.54, 1.807) is 10.8 Å². The van der Waals surface area contributed by atoms with Gasteiger partial charge in [0, 0.05) is 32.4 Å². The summed E-state index contributed by atoms with van der Waals surface area (Å²) in [5.41, 5.74) is 1.25. The number of nitrogens with zero attached hydrogens (tertiary/aromatic N) is 3. The minimum absolute atomic E-state index is 0.0540. The van der Waals surface area contributed by atoms with E-state index in [9.17, 15) is 13.2 Å². The van der Waals surface area contributed by atoms with Gasteiger partial charge in [-0.25, -0.2) is 13.4 Å². The highest BCUT2D eigenvalue weighted by atomic mass is 32.2. The third-order valence-corrected chi connectivity index (χ3v) is 6.87. The number of hydrogen-bond acceptors (Lipinski definition) is 4. The molecule has 1 fully saturated rings. The smallest absolute Gasteiger partial charge is 0.262 e. The first-order valence-corrected chi connectivity index (χ1v) is 11.3. The molecule has 1 aromatic carbocycles. The largest absolute Gasteiger partial charge is 0.356 e. The number of sulfonamides is 1. The number of nitrogens with one attached hydrogen (secondary N) is 1. The molecule has 1 atom stereocenters. The number of imidazole rings is 1. The Bertz CT molecular complexity index is 880. The van der Waals surface area contributed by atoms with Crippen molar-refractivity contribution < 1.29 is 13.2 Å². The van der Waals surface area contributed by atoms with Crippen molar-refractivity contribution in [3.63, 3.8) is 0 Å². The summed E-state index contributed by atoms with van der Waals surface area (Å²) in [4.78, 5) is 16.5. The topological polar surface area (TPSA) is 84.3 Å². The Labute approximate surface area is 166 Å². The molecule has 2 aromatic rings. The molecule has 0 bridgehead atoms. The Balaban J connectivity index is 1.51. The fourth-order valence-corrected chi connectivity index (χ4v) is 4.90. The highest BCUT2D eigenvalue weighted by Crippen LogP contribution is 2.23. The van der Waals surface area contributed by atoms with Crippen LogP contribution in [0.4, 0.5) is 0 Å². The molecule has 28 heavy (non-hydrogen) atoms. The lowest BCUT2D eigenvalue weighted by molar-refractivity contribution is -0.126. The minimum Gasteiger partial charge on any atom is -0.356 e. The van der Waals surface area contributed by atoms with E-state index in [0.717, 1.165) is 12.8 Å². The average molecular weight is 405 g/mol. The highest BCUT2D eigenvalue weighted by Gasteiger charge is 2.34. The SMILES string of the molecule is CCn1cnc(S(=O)(=O)N2CCC[C@@H](C(=O)NCCCc3ccccc3)C2)c1.